The van der Waals surface area contributed by atoms with Gasteiger partial charge in [0.1, 0.15) is 6.10 Å². The molecular weight excluding hydrogens is 301 g/mol. The number of carbonyl (C=O) groups is 1. The van der Waals surface area contributed by atoms with Crippen LogP contribution in [-0.2, 0) is 6.18 Å². The fraction of sp³-hybridized carbons (Fsp3) is 0.417. The molecular formula is C12H12ClF3O4. The molecule has 3 N–H and O–H groups in total. The molecule has 1 aromatic rings. The maximum Gasteiger partial charge on any atom is 0.416 e. The fourth-order valence-corrected chi connectivity index (χ4v) is 1.82. The Kier molecular flexibility index (Phi) is 5.38. The molecule has 0 spiro atoms. The molecule has 20 heavy (non-hydrogen) atoms. The summed E-state index contributed by atoms with van der Waals surface area (Å²) in [6.45, 7) is 0. The zero-order chi connectivity index (χ0) is 15.5. The van der Waals surface area contributed by atoms with Crippen molar-refractivity contribution in [3.8, 4) is 0 Å². The summed E-state index contributed by atoms with van der Waals surface area (Å²) in [7, 11) is 0. The van der Waals surface area contributed by atoms with Gasteiger partial charge in [0, 0.05) is 5.88 Å². The quantitative estimate of drug-likeness (QED) is 0.730. The number of aliphatic hydroxyl groups excluding tert-OH is 2. The highest BCUT2D eigenvalue weighted by Crippen LogP contribution is 2.33. The molecule has 112 valence electrons. The molecule has 0 heterocycles. The summed E-state index contributed by atoms with van der Waals surface area (Å²) in [6.07, 6.45) is -7.81. The van der Waals surface area contributed by atoms with Gasteiger partial charge in [-0.3, -0.25) is 0 Å². The molecule has 0 fully saturated rings. The Morgan fingerprint density at radius 2 is 1.85 bits per heavy atom. The highest BCUT2D eigenvalue weighted by atomic mass is 35.5. The van der Waals surface area contributed by atoms with Crippen LogP contribution < -0.4 is 0 Å². The van der Waals surface area contributed by atoms with Crippen LogP contribution in [0.5, 0.6) is 0 Å². The van der Waals surface area contributed by atoms with Crippen molar-refractivity contribution in [3.05, 3.63) is 34.9 Å². The van der Waals surface area contributed by atoms with E-state index in [0.29, 0.717) is 12.1 Å². The molecule has 0 aliphatic rings. The van der Waals surface area contributed by atoms with Gasteiger partial charge >= 0.3 is 12.1 Å². The Hall–Kier alpha value is -1.31. The van der Waals surface area contributed by atoms with Crippen molar-refractivity contribution in [2.45, 2.75) is 24.8 Å². The van der Waals surface area contributed by atoms with Gasteiger partial charge in [0.25, 0.3) is 0 Å². The first kappa shape index (κ1) is 16.7. The maximum absolute atomic E-state index is 12.7. The van der Waals surface area contributed by atoms with Crippen LogP contribution in [0.15, 0.2) is 18.2 Å². The number of aliphatic hydroxyl groups is 2. The third kappa shape index (κ3) is 4.09. The second-order valence-corrected chi connectivity index (χ2v) is 4.51. The number of carboxylic acids is 1. The normalized spacial score (nSPS) is 14.9. The zero-order valence-corrected chi connectivity index (χ0v) is 10.8. The van der Waals surface area contributed by atoms with E-state index in [0.717, 1.165) is 6.07 Å². The van der Waals surface area contributed by atoms with E-state index in [2.05, 4.69) is 0 Å². The standard InChI is InChI=1S/C12H12ClF3O4/c13-2-1-9(17)10(18)6-3-7(11(19)20)5-8(4-6)12(14,15)16/h3-5,9-10,17-18H,1-2H2,(H,19,20). The monoisotopic (exact) mass is 312 g/mol. The number of rotatable bonds is 5. The molecule has 0 radical (unpaired) electrons. The van der Waals surface area contributed by atoms with Crippen LogP contribution in [-0.4, -0.2) is 33.3 Å². The van der Waals surface area contributed by atoms with Crippen molar-refractivity contribution < 1.29 is 33.3 Å². The number of carboxylic acid groups (broad SMARTS) is 1. The van der Waals surface area contributed by atoms with Gasteiger partial charge in [-0.2, -0.15) is 13.2 Å². The van der Waals surface area contributed by atoms with Gasteiger partial charge in [0.05, 0.1) is 17.2 Å². The van der Waals surface area contributed by atoms with E-state index in [-0.39, 0.29) is 17.9 Å². The number of halogens is 4. The van der Waals surface area contributed by atoms with E-state index in [9.17, 15) is 28.2 Å². The van der Waals surface area contributed by atoms with Crippen molar-refractivity contribution in [2.24, 2.45) is 0 Å². The highest BCUT2D eigenvalue weighted by Gasteiger charge is 2.33. The van der Waals surface area contributed by atoms with Crippen molar-refractivity contribution in [2.75, 3.05) is 5.88 Å². The molecule has 2 unspecified atom stereocenters. The van der Waals surface area contributed by atoms with Crippen molar-refractivity contribution in [3.63, 3.8) is 0 Å². The molecule has 4 nitrogen and oxygen atoms in total. The Morgan fingerprint density at radius 1 is 1.25 bits per heavy atom. The summed E-state index contributed by atoms with van der Waals surface area (Å²) >= 11 is 5.37. The number of hydrogen-bond acceptors (Lipinski definition) is 3. The Morgan fingerprint density at radius 3 is 2.30 bits per heavy atom. The van der Waals surface area contributed by atoms with Crippen LogP contribution in [0, 0.1) is 0 Å². The minimum absolute atomic E-state index is 0.00295. The van der Waals surface area contributed by atoms with Crippen LogP contribution in [0.3, 0.4) is 0 Å². The van der Waals surface area contributed by atoms with Crippen molar-refractivity contribution >= 4 is 17.6 Å². The molecule has 8 heteroatoms. The average molecular weight is 313 g/mol. The lowest BCUT2D eigenvalue weighted by Crippen LogP contribution is -2.20. The lowest BCUT2D eigenvalue weighted by molar-refractivity contribution is -0.137. The summed E-state index contributed by atoms with van der Waals surface area (Å²) in [5.74, 6) is -1.56. The van der Waals surface area contributed by atoms with Crippen molar-refractivity contribution in [1.82, 2.24) is 0 Å². The van der Waals surface area contributed by atoms with Crippen LogP contribution in [0.4, 0.5) is 13.2 Å². The van der Waals surface area contributed by atoms with Crippen LogP contribution in [0.2, 0.25) is 0 Å². The summed E-state index contributed by atoms with van der Waals surface area (Å²) in [4.78, 5) is 10.8. The fourth-order valence-electron chi connectivity index (χ4n) is 1.60. The first-order chi connectivity index (χ1) is 9.16. The van der Waals surface area contributed by atoms with E-state index >= 15 is 0 Å². The van der Waals surface area contributed by atoms with Gasteiger partial charge in [-0.1, -0.05) is 0 Å². The maximum atomic E-state index is 12.7. The van der Waals surface area contributed by atoms with Gasteiger partial charge < -0.3 is 15.3 Å². The minimum Gasteiger partial charge on any atom is -0.478 e. The van der Waals surface area contributed by atoms with Gasteiger partial charge in [-0.05, 0) is 30.2 Å². The van der Waals surface area contributed by atoms with Gasteiger partial charge in [0.15, 0.2) is 0 Å². The molecule has 1 rings (SSSR count). The molecule has 1 aromatic carbocycles. The summed E-state index contributed by atoms with van der Waals surface area (Å²) in [5, 5.41) is 28.1. The van der Waals surface area contributed by atoms with E-state index < -0.39 is 35.5 Å². The third-order valence-electron chi connectivity index (χ3n) is 2.64. The Labute approximate surface area is 117 Å². The number of aromatic carboxylic acids is 1. The number of benzene rings is 1. The third-order valence-corrected chi connectivity index (χ3v) is 2.86. The highest BCUT2D eigenvalue weighted by molar-refractivity contribution is 6.17. The van der Waals surface area contributed by atoms with Crippen LogP contribution in [0.1, 0.15) is 34.0 Å². The smallest absolute Gasteiger partial charge is 0.416 e. The topological polar surface area (TPSA) is 77.8 Å². The number of alkyl halides is 4. The second-order valence-electron chi connectivity index (χ2n) is 4.14. The zero-order valence-electron chi connectivity index (χ0n) is 10.1. The summed E-state index contributed by atoms with van der Waals surface area (Å²) < 4.78 is 38.0. The molecule has 0 bridgehead atoms. The summed E-state index contributed by atoms with van der Waals surface area (Å²) in [6, 6.07) is 1.96. The van der Waals surface area contributed by atoms with E-state index in [1.165, 1.54) is 0 Å². The molecule has 0 saturated heterocycles. The van der Waals surface area contributed by atoms with E-state index in [1.807, 2.05) is 0 Å². The van der Waals surface area contributed by atoms with Crippen LogP contribution in [0.25, 0.3) is 0 Å². The largest absolute Gasteiger partial charge is 0.478 e. The average Bonchev–Trinajstić information content (AvgIpc) is 2.36. The van der Waals surface area contributed by atoms with Crippen molar-refractivity contribution in [1.29, 1.82) is 0 Å². The van der Waals surface area contributed by atoms with Crippen LogP contribution >= 0.6 is 11.6 Å². The Balaban J connectivity index is 3.25. The lowest BCUT2D eigenvalue weighted by atomic mass is 9.97. The Bertz CT molecular complexity index is 490. The molecule has 0 aliphatic carbocycles. The first-order valence-electron chi connectivity index (χ1n) is 5.54. The van der Waals surface area contributed by atoms with Gasteiger partial charge in [0.2, 0.25) is 0 Å². The second kappa shape index (κ2) is 6.43. The summed E-state index contributed by atoms with van der Waals surface area (Å²) in [5.41, 5.74) is -2.15. The predicted octanol–water partition coefficient (Wildman–Crippen LogP) is 2.43. The number of hydrogen-bond donors (Lipinski definition) is 3. The lowest BCUT2D eigenvalue weighted by Gasteiger charge is -2.19. The molecule has 0 amide bonds. The predicted molar refractivity (Wildman–Crippen MR) is 64.7 cm³/mol. The SMILES string of the molecule is O=C(O)c1cc(C(O)C(O)CCCl)cc(C(F)(F)F)c1. The molecule has 0 aliphatic heterocycles. The first-order valence-corrected chi connectivity index (χ1v) is 6.08. The molecule has 0 aromatic heterocycles. The molecule has 0 saturated carbocycles. The van der Waals surface area contributed by atoms with Gasteiger partial charge in [-0.25, -0.2) is 4.79 Å². The molecule has 2 atom stereocenters. The van der Waals surface area contributed by atoms with E-state index in [4.69, 9.17) is 16.7 Å². The minimum atomic E-state index is -4.75. The van der Waals surface area contributed by atoms with E-state index in [1.54, 1.807) is 0 Å². The van der Waals surface area contributed by atoms with Gasteiger partial charge in [-0.15, -0.1) is 11.6 Å².